The number of amides is 2. The molecule has 2 aliphatic heterocycles. The molecule has 0 saturated carbocycles. The number of rotatable bonds is 3. The first-order valence-electron chi connectivity index (χ1n) is 7.79. The van der Waals surface area contributed by atoms with E-state index in [0.717, 1.165) is 11.3 Å². The average molecular weight is 359 g/mol. The molecule has 2 aromatic rings. The van der Waals surface area contributed by atoms with E-state index in [-0.39, 0.29) is 5.91 Å². The Morgan fingerprint density at radius 3 is 2.36 bits per heavy atom. The predicted molar refractivity (Wildman–Crippen MR) is 91.2 cm³/mol. The van der Waals surface area contributed by atoms with E-state index in [1.807, 2.05) is 24.3 Å². The molecule has 1 N–H and O–H groups in total. The number of nitrogens with one attached hydrogen (secondary N) is 1. The third kappa shape index (κ3) is 2.63. The topological polar surface area (TPSA) is 67.9 Å². The molecule has 0 unspecified atom stereocenters. The molecule has 0 aromatic heterocycles. The van der Waals surface area contributed by atoms with Crippen LogP contribution in [0.3, 0.4) is 0 Å². The van der Waals surface area contributed by atoms with Gasteiger partial charge in [-0.05, 0) is 42.0 Å². The second-order valence-corrected chi connectivity index (χ2v) is 6.36. The molecule has 0 aliphatic carbocycles. The van der Waals surface area contributed by atoms with Gasteiger partial charge in [0.25, 0.3) is 5.91 Å². The molecule has 6 nitrogen and oxygen atoms in total. The minimum atomic E-state index is -0.838. The fourth-order valence-corrected chi connectivity index (χ4v) is 3.41. The van der Waals surface area contributed by atoms with E-state index in [2.05, 4.69) is 5.32 Å². The number of hydroxylamine groups is 1. The highest BCUT2D eigenvalue weighted by molar-refractivity contribution is 6.30. The van der Waals surface area contributed by atoms with Crippen molar-refractivity contribution in [3.8, 4) is 5.75 Å². The van der Waals surface area contributed by atoms with Crippen molar-refractivity contribution in [2.24, 2.45) is 5.92 Å². The number of ether oxygens (including phenoxy) is 1. The van der Waals surface area contributed by atoms with Gasteiger partial charge in [-0.1, -0.05) is 23.7 Å². The predicted octanol–water partition coefficient (Wildman–Crippen LogP) is 2.48. The van der Waals surface area contributed by atoms with E-state index < -0.39 is 24.0 Å². The standard InChI is InChI=1S/C18H15ClN2O4/c1-24-13-8-2-10(3-9-13)15-14-16(18(23)20-17(14)22)25-21(15)12-6-4-11(19)5-7-12/h2-9,14-16H,1H3,(H,20,22,23)/t14-,15+,16-/m0/s1. The van der Waals surface area contributed by atoms with Crippen LogP contribution in [0.15, 0.2) is 48.5 Å². The minimum Gasteiger partial charge on any atom is -0.497 e. The molecule has 2 aliphatic rings. The maximum absolute atomic E-state index is 12.3. The summed E-state index contributed by atoms with van der Waals surface area (Å²) in [6, 6.07) is 14.0. The van der Waals surface area contributed by atoms with Gasteiger partial charge in [0.1, 0.15) is 11.7 Å². The molecule has 0 spiro atoms. The summed E-state index contributed by atoms with van der Waals surface area (Å²) < 4.78 is 5.19. The minimum absolute atomic E-state index is 0.327. The molecular weight excluding hydrogens is 344 g/mol. The highest BCUT2D eigenvalue weighted by atomic mass is 35.5. The van der Waals surface area contributed by atoms with E-state index in [1.54, 1.807) is 36.4 Å². The lowest BCUT2D eigenvalue weighted by Crippen LogP contribution is -2.33. The van der Waals surface area contributed by atoms with Gasteiger partial charge in [-0.3, -0.25) is 19.7 Å². The molecule has 4 rings (SSSR count). The largest absolute Gasteiger partial charge is 0.497 e. The molecular formula is C18H15ClN2O4. The van der Waals surface area contributed by atoms with Crippen LogP contribution < -0.4 is 15.1 Å². The van der Waals surface area contributed by atoms with Gasteiger partial charge in [-0.15, -0.1) is 0 Å². The third-order valence-electron chi connectivity index (χ3n) is 4.49. The van der Waals surface area contributed by atoms with Gasteiger partial charge in [0.2, 0.25) is 5.91 Å². The van der Waals surface area contributed by atoms with Crippen molar-refractivity contribution in [1.82, 2.24) is 5.32 Å². The molecule has 0 bridgehead atoms. The summed E-state index contributed by atoms with van der Waals surface area (Å²) >= 11 is 5.96. The van der Waals surface area contributed by atoms with Crippen LogP contribution in [-0.2, 0) is 14.4 Å². The number of anilines is 1. The van der Waals surface area contributed by atoms with Crippen LogP contribution in [0.2, 0.25) is 5.02 Å². The zero-order chi connectivity index (χ0) is 17.6. The Hall–Kier alpha value is -2.57. The molecule has 3 atom stereocenters. The number of carbonyl (C=O) groups is 2. The highest BCUT2D eigenvalue weighted by Crippen LogP contribution is 2.44. The average Bonchev–Trinajstić information content (AvgIpc) is 3.14. The Bertz CT molecular complexity index is 822. The van der Waals surface area contributed by atoms with Crippen molar-refractivity contribution in [2.75, 3.05) is 12.2 Å². The lowest BCUT2D eigenvalue weighted by atomic mass is 9.90. The van der Waals surface area contributed by atoms with E-state index in [4.69, 9.17) is 21.2 Å². The second-order valence-electron chi connectivity index (χ2n) is 5.93. The van der Waals surface area contributed by atoms with Gasteiger partial charge < -0.3 is 4.74 Å². The second kappa shape index (κ2) is 6.06. The summed E-state index contributed by atoms with van der Waals surface area (Å²) in [6.45, 7) is 0. The van der Waals surface area contributed by atoms with Crippen LogP contribution in [-0.4, -0.2) is 25.0 Å². The molecule has 2 saturated heterocycles. The lowest BCUT2D eigenvalue weighted by Gasteiger charge is -2.27. The monoisotopic (exact) mass is 358 g/mol. The number of imide groups is 1. The molecule has 25 heavy (non-hydrogen) atoms. The number of methoxy groups -OCH3 is 1. The maximum Gasteiger partial charge on any atom is 0.259 e. The van der Waals surface area contributed by atoms with Gasteiger partial charge in [-0.2, -0.15) is 0 Å². The van der Waals surface area contributed by atoms with Crippen molar-refractivity contribution in [3.63, 3.8) is 0 Å². The number of nitrogens with zero attached hydrogens (tertiary/aromatic N) is 1. The molecule has 128 valence electrons. The summed E-state index contributed by atoms with van der Waals surface area (Å²) in [5.41, 5.74) is 1.58. The van der Waals surface area contributed by atoms with E-state index >= 15 is 0 Å². The first-order chi connectivity index (χ1) is 12.1. The molecule has 2 heterocycles. The van der Waals surface area contributed by atoms with Crippen LogP contribution in [0.1, 0.15) is 11.6 Å². The lowest BCUT2D eigenvalue weighted by molar-refractivity contribution is -0.129. The normalized spacial score (nSPS) is 25.0. The van der Waals surface area contributed by atoms with Gasteiger partial charge in [0, 0.05) is 5.02 Å². The Morgan fingerprint density at radius 2 is 1.72 bits per heavy atom. The zero-order valence-corrected chi connectivity index (χ0v) is 14.1. The molecule has 2 aromatic carbocycles. The fourth-order valence-electron chi connectivity index (χ4n) is 3.29. The summed E-state index contributed by atoms with van der Waals surface area (Å²) in [5, 5.41) is 4.56. The number of carbonyl (C=O) groups excluding carboxylic acids is 2. The molecule has 2 fully saturated rings. The quantitative estimate of drug-likeness (QED) is 0.854. The van der Waals surface area contributed by atoms with E-state index in [1.165, 1.54) is 0 Å². The van der Waals surface area contributed by atoms with Crippen molar-refractivity contribution in [2.45, 2.75) is 12.1 Å². The maximum atomic E-state index is 12.3. The zero-order valence-electron chi connectivity index (χ0n) is 13.3. The van der Waals surface area contributed by atoms with Crippen LogP contribution >= 0.6 is 11.6 Å². The first-order valence-corrected chi connectivity index (χ1v) is 8.16. The Labute approximate surface area is 149 Å². The smallest absolute Gasteiger partial charge is 0.259 e. The number of halogens is 1. The summed E-state index contributed by atoms with van der Waals surface area (Å²) in [7, 11) is 1.59. The van der Waals surface area contributed by atoms with Crippen LogP contribution in [0.4, 0.5) is 5.69 Å². The number of benzene rings is 2. The van der Waals surface area contributed by atoms with Crippen LogP contribution in [0, 0.1) is 5.92 Å². The van der Waals surface area contributed by atoms with E-state index in [9.17, 15) is 9.59 Å². The molecule has 0 radical (unpaired) electrons. The Morgan fingerprint density at radius 1 is 1.04 bits per heavy atom. The van der Waals surface area contributed by atoms with Gasteiger partial charge >= 0.3 is 0 Å². The van der Waals surface area contributed by atoms with Gasteiger partial charge in [0.15, 0.2) is 6.10 Å². The summed E-state index contributed by atoms with van der Waals surface area (Å²) in [6.07, 6.45) is -0.838. The van der Waals surface area contributed by atoms with Crippen molar-refractivity contribution >= 4 is 29.1 Å². The number of hydrogen-bond donors (Lipinski definition) is 1. The fraction of sp³-hybridized carbons (Fsp3) is 0.222. The van der Waals surface area contributed by atoms with Crippen LogP contribution in [0.25, 0.3) is 0 Å². The SMILES string of the molecule is COc1ccc([C@@H]2[C@@H]3C(=O)NC(=O)[C@H]3ON2c2ccc(Cl)cc2)cc1. The Kier molecular flexibility index (Phi) is 3.86. The molecule has 7 heteroatoms. The number of fused-ring (bicyclic) bond motifs is 1. The van der Waals surface area contributed by atoms with Crippen molar-refractivity contribution in [3.05, 3.63) is 59.1 Å². The van der Waals surface area contributed by atoms with Crippen molar-refractivity contribution < 1.29 is 19.2 Å². The number of hydrogen-bond acceptors (Lipinski definition) is 5. The summed E-state index contributed by atoms with van der Waals surface area (Å²) in [5.74, 6) is -0.641. The van der Waals surface area contributed by atoms with Gasteiger partial charge in [0.05, 0.1) is 18.8 Å². The highest BCUT2D eigenvalue weighted by Gasteiger charge is 2.56. The summed E-state index contributed by atoms with van der Waals surface area (Å²) in [4.78, 5) is 30.2. The molecule has 2 amide bonds. The van der Waals surface area contributed by atoms with E-state index in [0.29, 0.717) is 10.8 Å². The third-order valence-corrected chi connectivity index (χ3v) is 4.74. The van der Waals surface area contributed by atoms with Gasteiger partial charge in [-0.25, -0.2) is 5.06 Å². The Balaban J connectivity index is 1.77. The van der Waals surface area contributed by atoms with Crippen molar-refractivity contribution in [1.29, 1.82) is 0 Å². The first kappa shape index (κ1) is 15.9. The van der Waals surface area contributed by atoms with Crippen LogP contribution in [0.5, 0.6) is 5.75 Å².